The van der Waals surface area contributed by atoms with E-state index >= 15 is 0 Å². The molecule has 0 saturated carbocycles. The van der Waals surface area contributed by atoms with Crippen molar-refractivity contribution in [3.8, 4) is 5.75 Å². The first-order valence-corrected chi connectivity index (χ1v) is 6.50. The average Bonchev–Trinajstić information content (AvgIpc) is 2.41. The number of hydrogen-bond acceptors (Lipinski definition) is 4. The summed E-state index contributed by atoms with van der Waals surface area (Å²) in [5.74, 6) is -0.0518. The number of rotatable bonds is 2. The third kappa shape index (κ3) is 2.82. The van der Waals surface area contributed by atoms with Crippen LogP contribution in [0.25, 0.3) is 0 Å². The first kappa shape index (κ1) is 13.3. The molecule has 2 rings (SSSR count). The monoisotopic (exact) mass is 314 g/mol. The van der Waals surface area contributed by atoms with Gasteiger partial charge in [-0.3, -0.25) is 4.79 Å². The minimum atomic E-state index is -0.112. The topological polar surface area (TPSA) is 75.8 Å². The van der Waals surface area contributed by atoms with Crippen LogP contribution in [0.5, 0.6) is 5.75 Å². The molecule has 5 nitrogen and oxygen atoms in total. The van der Waals surface area contributed by atoms with Gasteiger partial charge in [-0.2, -0.15) is 0 Å². The van der Waals surface area contributed by atoms with Crippen LogP contribution in [0.4, 0.5) is 0 Å². The normalized spacial score (nSPS) is 19.9. The SMILES string of the molecule is NCC1CN(C(=O)c2ccc(Br)c(O)c2)CCO1. The molecule has 1 fully saturated rings. The highest BCUT2D eigenvalue weighted by molar-refractivity contribution is 9.10. The van der Waals surface area contributed by atoms with Crippen molar-refractivity contribution >= 4 is 21.8 Å². The maximum atomic E-state index is 12.2. The predicted octanol–water partition coefficient (Wildman–Crippen LogP) is 0.954. The number of phenols is 1. The van der Waals surface area contributed by atoms with Gasteiger partial charge in [-0.05, 0) is 34.1 Å². The fraction of sp³-hybridized carbons (Fsp3) is 0.417. The van der Waals surface area contributed by atoms with E-state index in [9.17, 15) is 9.90 Å². The van der Waals surface area contributed by atoms with Crippen LogP contribution in [0, 0.1) is 0 Å². The molecule has 1 amide bonds. The van der Waals surface area contributed by atoms with Crippen LogP contribution in [0.15, 0.2) is 22.7 Å². The molecule has 0 radical (unpaired) electrons. The van der Waals surface area contributed by atoms with Gasteiger partial charge in [0.25, 0.3) is 5.91 Å². The van der Waals surface area contributed by atoms with Crippen LogP contribution in [-0.2, 0) is 4.74 Å². The van der Waals surface area contributed by atoms with Gasteiger partial charge < -0.3 is 20.5 Å². The van der Waals surface area contributed by atoms with E-state index < -0.39 is 0 Å². The minimum absolute atomic E-state index is 0.0597. The highest BCUT2D eigenvalue weighted by Crippen LogP contribution is 2.25. The van der Waals surface area contributed by atoms with Gasteiger partial charge in [0.2, 0.25) is 0 Å². The zero-order valence-corrected chi connectivity index (χ0v) is 11.4. The first-order valence-electron chi connectivity index (χ1n) is 5.71. The zero-order valence-electron chi connectivity index (χ0n) is 9.80. The fourth-order valence-corrected chi connectivity index (χ4v) is 2.12. The molecule has 0 spiro atoms. The van der Waals surface area contributed by atoms with Crippen molar-refractivity contribution in [1.82, 2.24) is 4.90 Å². The third-order valence-corrected chi connectivity index (χ3v) is 3.55. The van der Waals surface area contributed by atoms with E-state index in [0.717, 1.165) is 0 Å². The van der Waals surface area contributed by atoms with Crippen molar-refractivity contribution in [2.75, 3.05) is 26.2 Å². The number of halogens is 1. The molecule has 18 heavy (non-hydrogen) atoms. The smallest absolute Gasteiger partial charge is 0.254 e. The Morgan fingerprint density at radius 1 is 1.61 bits per heavy atom. The minimum Gasteiger partial charge on any atom is -0.507 e. The molecule has 98 valence electrons. The molecule has 3 N–H and O–H groups in total. The molecule has 1 unspecified atom stereocenters. The molecule has 1 aliphatic rings. The van der Waals surface area contributed by atoms with Crippen molar-refractivity contribution < 1.29 is 14.6 Å². The van der Waals surface area contributed by atoms with Crippen molar-refractivity contribution in [2.45, 2.75) is 6.10 Å². The maximum absolute atomic E-state index is 12.2. The largest absolute Gasteiger partial charge is 0.507 e. The number of nitrogens with two attached hydrogens (primary N) is 1. The van der Waals surface area contributed by atoms with Crippen LogP contribution in [0.2, 0.25) is 0 Å². The van der Waals surface area contributed by atoms with Gasteiger partial charge in [-0.25, -0.2) is 0 Å². The summed E-state index contributed by atoms with van der Waals surface area (Å²) in [5.41, 5.74) is 6.01. The van der Waals surface area contributed by atoms with Crippen LogP contribution in [-0.4, -0.2) is 48.3 Å². The molecule has 0 aromatic heterocycles. The highest BCUT2D eigenvalue weighted by atomic mass is 79.9. The Balaban J connectivity index is 2.12. The van der Waals surface area contributed by atoms with E-state index in [4.69, 9.17) is 10.5 Å². The van der Waals surface area contributed by atoms with Crippen molar-refractivity contribution in [2.24, 2.45) is 5.73 Å². The quantitative estimate of drug-likeness (QED) is 0.852. The number of ether oxygens (including phenoxy) is 1. The number of carbonyl (C=O) groups excluding carboxylic acids is 1. The molecular formula is C12H15BrN2O3. The summed E-state index contributed by atoms with van der Waals surface area (Å²) in [5, 5.41) is 9.58. The van der Waals surface area contributed by atoms with Crippen molar-refractivity contribution in [3.05, 3.63) is 28.2 Å². The fourth-order valence-electron chi connectivity index (χ4n) is 1.87. The number of carbonyl (C=O) groups is 1. The Morgan fingerprint density at radius 3 is 3.06 bits per heavy atom. The van der Waals surface area contributed by atoms with E-state index in [0.29, 0.717) is 36.3 Å². The lowest BCUT2D eigenvalue weighted by molar-refractivity contribution is -0.0167. The number of aromatic hydroxyl groups is 1. The number of nitrogens with zero attached hydrogens (tertiary/aromatic N) is 1. The Hall–Kier alpha value is -1.11. The van der Waals surface area contributed by atoms with Crippen molar-refractivity contribution in [1.29, 1.82) is 0 Å². The van der Waals surface area contributed by atoms with Crippen LogP contribution in [0.3, 0.4) is 0 Å². The van der Waals surface area contributed by atoms with E-state index in [1.165, 1.54) is 6.07 Å². The summed E-state index contributed by atoms with van der Waals surface area (Å²) in [6.45, 7) is 1.93. The summed E-state index contributed by atoms with van der Waals surface area (Å²) in [7, 11) is 0. The molecule has 1 heterocycles. The molecule has 0 aliphatic carbocycles. The van der Waals surface area contributed by atoms with Gasteiger partial charge >= 0.3 is 0 Å². The lowest BCUT2D eigenvalue weighted by atomic mass is 10.1. The third-order valence-electron chi connectivity index (χ3n) is 2.88. The summed E-state index contributed by atoms with van der Waals surface area (Å²) in [6, 6.07) is 4.79. The molecular weight excluding hydrogens is 300 g/mol. The zero-order chi connectivity index (χ0) is 13.1. The molecule has 1 atom stereocenters. The summed E-state index contributed by atoms with van der Waals surface area (Å²) < 4.78 is 5.98. The molecule has 1 aliphatic heterocycles. The number of benzene rings is 1. The Kier molecular flexibility index (Phi) is 4.21. The summed E-state index contributed by atoms with van der Waals surface area (Å²) >= 11 is 3.18. The van der Waals surface area contributed by atoms with E-state index in [1.807, 2.05) is 0 Å². The van der Waals surface area contributed by atoms with Gasteiger partial charge in [0.15, 0.2) is 0 Å². The predicted molar refractivity (Wildman–Crippen MR) is 70.5 cm³/mol. The standard InChI is InChI=1S/C12H15BrN2O3/c13-10-2-1-8(5-11(10)16)12(17)15-3-4-18-9(6-14)7-15/h1-2,5,9,16H,3-4,6-7,14H2. The first-order chi connectivity index (χ1) is 8.61. The van der Waals surface area contributed by atoms with E-state index in [-0.39, 0.29) is 17.8 Å². The summed E-state index contributed by atoms with van der Waals surface area (Å²) in [4.78, 5) is 13.9. The summed E-state index contributed by atoms with van der Waals surface area (Å²) in [6.07, 6.45) is -0.105. The Morgan fingerprint density at radius 2 is 2.39 bits per heavy atom. The molecule has 6 heteroatoms. The number of phenolic OH excluding ortho intramolecular Hbond substituents is 1. The highest BCUT2D eigenvalue weighted by Gasteiger charge is 2.24. The van der Waals surface area contributed by atoms with Gasteiger partial charge in [0.1, 0.15) is 5.75 Å². The second kappa shape index (κ2) is 5.69. The molecule has 1 aromatic rings. The average molecular weight is 315 g/mol. The lowest BCUT2D eigenvalue weighted by Crippen LogP contribution is -2.48. The number of amides is 1. The van der Waals surface area contributed by atoms with Gasteiger partial charge in [-0.15, -0.1) is 0 Å². The van der Waals surface area contributed by atoms with Gasteiger partial charge in [0.05, 0.1) is 17.2 Å². The second-order valence-electron chi connectivity index (χ2n) is 4.15. The van der Waals surface area contributed by atoms with Crippen LogP contribution >= 0.6 is 15.9 Å². The van der Waals surface area contributed by atoms with Gasteiger partial charge in [-0.1, -0.05) is 0 Å². The molecule has 1 saturated heterocycles. The Bertz CT molecular complexity index is 453. The number of morpholine rings is 1. The molecule has 0 bridgehead atoms. The Labute approximate surface area is 114 Å². The van der Waals surface area contributed by atoms with E-state index in [1.54, 1.807) is 17.0 Å². The van der Waals surface area contributed by atoms with Crippen LogP contribution < -0.4 is 5.73 Å². The van der Waals surface area contributed by atoms with Gasteiger partial charge in [0, 0.05) is 25.2 Å². The van der Waals surface area contributed by atoms with Crippen LogP contribution in [0.1, 0.15) is 10.4 Å². The second-order valence-corrected chi connectivity index (χ2v) is 5.00. The van der Waals surface area contributed by atoms with Crippen molar-refractivity contribution in [3.63, 3.8) is 0 Å². The number of hydrogen-bond donors (Lipinski definition) is 2. The maximum Gasteiger partial charge on any atom is 0.254 e. The molecule has 1 aromatic carbocycles. The van der Waals surface area contributed by atoms with E-state index in [2.05, 4.69) is 15.9 Å². The lowest BCUT2D eigenvalue weighted by Gasteiger charge is -2.32.